The molecule has 0 saturated heterocycles. The quantitative estimate of drug-likeness (QED) is 0.833. The lowest BCUT2D eigenvalue weighted by Gasteiger charge is -2.10. The van der Waals surface area contributed by atoms with Gasteiger partial charge in [-0.1, -0.05) is 34.5 Å². The van der Waals surface area contributed by atoms with Crippen molar-refractivity contribution in [2.45, 2.75) is 19.8 Å². The molecule has 0 aliphatic heterocycles. The fraction of sp³-hybridized carbons (Fsp3) is 0.231. The van der Waals surface area contributed by atoms with E-state index in [-0.39, 0.29) is 13.2 Å². The number of aromatic nitrogens is 3. The third-order valence-corrected chi connectivity index (χ3v) is 3.16. The summed E-state index contributed by atoms with van der Waals surface area (Å²) in [6, 6.07) is 4.98. The van der Waals surface area contributed by atoms with Crippen molar-refractivity contribution in [3.05, 3.63) is 52.3 Å². The third kappa shape index (κ3) is 3.30. The van der Waals surface area contributed by atoms with Crippen molar-refractivity contribution in [3.8, 4) is 5.75 Å². The van der Waals surface area contributed by atoms with E-state index >= 15 is 0 Å². The van der Waals surface area contributed by atoms with E-state index in [4.69, 9.17) is 27.9 Å². The molecular formula is C13H13Cl2N3O2. The Bertz CT molecular complexity index is 614. The number of ether oxygens (including phenoxy) is 1. The molecule has 7 heteroatoms. The maximum Gasteiger partial charge on any atom is 0.138 e. The van der Waals surface area contributed by atoms with E-state index in [1.807, 2.05) is 0 Å². The molecule has 2 rings (SSSR count). The second kappa shape index (κ2) is 6.74. The number of nitrogens with zero attached hydrogens (tertiary/aromatic N) is 3. The molecule has 0 bridgehead atoms. The van der Waals surface area contributed by atoms with E-state index < -0.39 is 0 Å². The van der Waals surface area contributed by atoms with Gasteiger partial charge in [0.25, 0.3) is 0 Å². The molecule has 0 aliphatic rings. The lowest BCUT2D eigenvalue weighted by atomic mass is 10.3. The first-order valence-corrected chi connectivity index (χ1v) is 6.62. The predicted octanol–water partition coefficient (Wildman–Crippen LogP) is 2.84. The zero-order valence-electron chi connectivity index (χ0n) is 10.6. The molecule has 0 saturated carbocycles. The molecule has 0 unspecified atom stereocenters. The van der Waals surface area contributed by atoms with E-state index in [1.54, 1.807) is 29.0 Å². The van der Waals surface area contributed by atoms with Gasteiger partial charge < -0.3 is 9.84 Å². The van der Waals surface area contributed by atoms with Crippen LogP contribution in [-0.2, 0) is 19.8 Å². The number of halogens is 2. The Kier molecular flexibility index (Phi) is 5.00. The molecule has 1 heterocycles. The number of aliphatic hydroxyl groups excluding tert-OH is 1. The van der Waals surface area contributed by atoms with Crippen LogP contribution in [0.5, 0.6) is 5.75 Å². The van der Waals surface area contributed by atoms with Crippen LogP contribution in [-0.4, -0.2) is 20.1 Å². The highest BCUT2D eigenvalue weighted by molar-refractivity contribution is 6.35. The van der Waals surface area contributed by atoms with Gasteiger partial charge in [0.15, 0.2) is 0 Å². The van der Waals surface area contributed by atoms with Crippen molar-refractivity contribution in [1.82, 2.24) is 15.0 Å². The minimum absolute atomic E-state index is 0.193. The molecule has 2 aromatic rings. The Labute approximate surface area is 126 Å². The van der Waals surface area contributed by atoms with Crippen molar-refractivity contribution in [1.29, 1.82) is 0 Å². The van der Waals surface area contributed by atoms with Gasteiger partial charge in [-0.15, -0.1) is 11.7 Å². The van der Waals surface area contributed by atoms with E-state index in [9.17, 15) is 5.11 Å². The van der Waals surface area contributed by atoms with Gasteiger partial charge in [-0.05, 0) is 18.2 Å². The Morgan fingerprint density at radius 2 is 2.20 bits per heavy atom. The Balaban J connectivity index is 2.17. The first kappa shape index (κ1) is 14.8. The molecular weight excluding hydrogens is 301 g/mol. The maximum atomic E-state index is 9.25. The Morgan fingerprint density at radius 1 is 1.40 bits per heavy atom. The molecule has 1 aromatic carbocycles. The summed E-state index contributed by atoms with van der Waals surface area (Å²) in [7, 11) is 0. The molecule has 0 atom stereocenters. The molecule has 0 spiro atoms. The molecule has 106 valence electrons. The predicted molar refractivity (Wildman–Crippen MR) is 76.9 cm³/mol. The largest absolute Gasteiger partial charge is 0.486 e. The van der Waals surface area contributed by atoms with Gasteiger partial charge in [-0.25, -0.2) is 4.68 Å². The topological polar surface area (TPSA) is 60.2 Å². The van der Waals surface area contributed by atoms with Crippen molar-refractivity contribution < 1.29 is 9.84 Å². The van der Waals surface area contributed by atoms with E-state index in [1.165, 1.54) is 0 Å². The summed E-state index contributed by atoms with van der Waals surface area (Å²) in [5.41, 5.74) is 1.15. The van der Waals surface area contributed by atoms with Gasteiger partial charge in [-0.2, -0.15) is 0 Å². The molecule has 0 radical (unpaired) electrons. The molecule has 1 aromatic heterocycles. The van der Waals surface area contributed by atoms with Crippen LogP contribution in [0.3, 0.4) is 0 Å². The van der Waals surface area contributed by atoms with E-state index in [0.29, 0.717) is 33.7 Å². The first-order chi connectivity index (χ1) is 9.65. The van der Waals surface area contributed by atoms with Crippen LogP contribution in [0.4, 0.5) is 0 Å². The molecule has 5 nitrogen and oxygen atoms in total. The molecule has 0 aliphatic carbocycles. The first-order valence-electron chi connectivity index (χ1n) is 5.86. The Hall–Kier alpha value is -1.56. The molecule has 1 N–H and O–H groups in total. The van der Waals surface area contributed by atoms with Gasteiger partial charge >= 0.3 is 0 Å². The van der Waals surface area contributed by atoms with E-state index in [0.717, 1.165) is 0 Å². The molecule has 0 amide bonds. The fourth-order valence-corrected chi connectivity index (χ4v) is 2.12. The van der Waals surface area contributed by atoms with Gasteiger partial charge in [0.2, 0.25) is 0 Å². The number of rotatable bonds is 6. The van der Waals surface area contributed by atoms with Gasteiger partial charge in [0, 0.05) is 5.02 Å². The van der Waals surface area contributed by atoms with Crippen LogP contribution in [0.15, 0.2) is 30.9 Å². The van der Waals surface area contributed by atoms with Crippen molar-refractivity contribution >= 4 is 23.2 Å². The van der Waals surface area contributed by atoms with E-state index in [2.05, 4.69) is 16.9 Å². The van der Waals surface area contributed by atoms with Crippen LogP contribution < -0.4 is 4.74 Å². The Morgan fingerprint density at radius 3 is 2.85 bits per heavy atom. The highest BCUT2D eigenvalue weighted by atomic mass is 35.5. The summed E-state index contributed by atoms with van der Waals surface area (Å²) in [5.74, 6) is 0.506. The van der Waals surface area contributed by atoms with Gasteiger partial charge in [0.1, 0.15) is 23.7 Å². The van der Waals surface area contributed by atoms with Gasteiger partial charge in [-0.3, -0.25) is 0 Å². The molecule has 0 fully saturated rings. The zero-order chi connectivity index (χ0) is 14.5. The standard InChI is InChI=1S/C13H13Cl2N3O2/c1-2-5-18-12(11(7-19)16-17-18)8-20-13-4-3-9(14)6-10(13)15/h2-4,6,19H,1,5,7-8H2. The average Bonchev–Trinajstić information content (AvgIpc) is 2.80. The third-order valence-electron chi connectivity index (χ3n) is 2.63. The lowest BCUT2D eigenvalue weighted by molar-refractivity contribution is 0.262. The fourth-order valence-electron chi connectivity index (χ4n) is 1.66. The van der Waals surface area contributed by atoms with Crippen molar-refractivity contribution in [2.75, 3.05) is 0 Å². The minimum atomic E-state index is -0.204. The van der Waals surface area contributed by atoms with Crippen LogP contribution in [0, 0.1) is 0 Å². The number of benzene rings is 1. The zero-order valence-corrected chi connectivity index (χ0v) is 12.1. The summed E-state index contributed by atoms with van der Waals surface area (Å²) >= 11 is 11.9. The summed E-state index contributed by atoms with van der Waals surface area (Å²) in [5, 5.41) is 18.0. The molecule has 20 heavy (non-hydrogen) atoms. The maximum absolute atomic E-state index is 9.25. The SMILES string of the molecule is C=CCn1nnc(CO)c1COc1ccc(Cl)cc1Cl. The highest BCUT2D eigenvalue weighted by Crippen LogP contribution is 2.28. The van der Waals surface area contributed by atoms with Crippen LogP contribution in [0.1, 0.15) is 11.4 Å². The number of aliphatic hydroxyl groups is 1. The second-order valence-electron chi connectivity index (χ2n) is 3.98. The number of allylic oxidation sites excluding steroid dienone is 1. The number of hydrogen-bond acceptors (Lipinski definition) is 4. The second-order valence-corrected chi connectivity index (χ2v) is 4.82. The van der Waals surface area contributed by atoms with Crippen LogP contribution in [0.2, 0.25) is 10.0 Å². The minimum Gasteiger partial charge on any atom is -0.486 e. The summed E-state index contributed by atoms with van der Waals surface area (Å²) in [6.45, 7) is 4.12. The average molecular weight is 314 g/mol. The highest BCUT2D eigenvalue weighted by Gasteiger charge is 2.13. The summed E-state index contributed by atoms with van der Waals surface area (Å²) in [4.78, 5) is 0. The number of hydrogen-bond donors (Lipinski definition) is 1. The normalized spacial score (nSPS) is 10.6. The van der Waals surface area contributed by atoms with Crippen molar-refractivity contribution in [3.63, 3.8) is 0 Å². The van der Waals surface area contributed by atoms with Crippen molar-refractivity contribution in [2.24, 2.45) is 0 Å². The smallest absolute Gasteiger partial charge is 0.138 e. The summed E-state index contributed by atoms with van der Waals surface area (Å²) in [6.07, 6.45) is 1.69. The summed E-state index contributed by atoms with van der Waals surface area (Å²) < 4.78 is 7.24. The lowest BCUT2D eigenvalue weighted by Crippen LogP contribution is -2.08. The monoisotopic (exact) mass is 313 g/mol. The van der Waals surface area contributed by atoms with Gasteiger partial charge in [0.05, 0.1) is 18.2 Å². The van der Waals surface area contributed by atoms with Crippen LogP contribution >= 0.6 is 23.2 Å². The van der Waals surface area contributed by atoms with Crippen LogP contribution in [0.25, 0.3) is 0 Å².